The summed E-state index contributed by atoms with van der Waals surface area (Å²) in [5.74, 6) is -1.19. The van der Waals surface area contributed by atoms with Gasteiger partial charge in [0.15, 0.2) is 21.9 Å². The molecule has 33 heavy (non-hydrogen) atoms. The second-order valence-corrected chi connectivity index (χ2v) is 10.0. The van der Waals surface area contributed by atoms with E-state index in [4.69, 9.17) is 21.7 Å². The van der Waals surface area contributed by atoms with Crippen LogP contribution in [0.1, 0.15) is 18.9 Å². The molecule has 0 radical (unpaired) electrons. The van der Waals surface area contributed by atoms with Crippen LogP contribution in [-0.4, -0.2) is 47.9 Å². The van der Waals surface area contributed by atoms with Gasteiger partial charge in [0.05, 0.1) is 16.9 Å². The molecule has 0 spiro atoms. The van der Waals surface area contributed by atoms with Crippen LogP contribution < -0.4 is 14.3 Å². The van der Waals surface area contributed by atoms with Gasteiger partial charge in [-0.25, -0.2) is 18.2 Å². The largest absolute Gasteiger partial charge is 0.493 e. The Morgan fingerprint density at radius 3 is 2.55 bits per heavy atom. The molecule has 0 aromatic heterocycles. The zero-order valence-corrected chi connectivity index (χ0v) is 20.0. The summed E-state index contributed by atoms with van der Waals surface area (Å²) in [6, 6.07) is 12.3. The summed E-state index contributed by atoms with van der Waals surface area (Å²) in [5, 5.41) is 10.0. The van der Waals surface area contributed by atoms with Gasteiger partial charge < -0.3 is 14.6 Å². The normalized spacial score (nSPS) is 16.2. The lowest BCUT2D eigenvalue weighted by molar-refractivity contribution is -0.145. The lowest BCUT2D eigenvalue weighted by Crippen LogP contribution is -2.44. The van der Waals surface area contributed by atoms with E-state index in [0.717, 1.165) is 16.8 Å². The molecule has 3 rings (SSSR count). The minimum Gasteiger partial charge on any atom is -0.493 e. The van der Waals surface area contributed by atoms with Crippen LogP contribution >= 0.6 is 24.0 Å². The molecule has 1 aliphatic heterocycles. The topological polar surface area (TPSA) is 122 Å². The number of hydrogen-bond donors (Lipinski definition) is 2. The number of methoxy groups -OCH3 is 1. The molecule has 0 bridgehead atoms. The molecule has 0 aliphatic carbocycles. The summed E-state index contributed by atoms with van der Waals surface area (Å²) < 4.78 is 35.9. The van der Waals surface area contributed by atoms with Crippen LogP contribution in [0.25, 0.3) is 6.08 Å². The van der Waals surface area contributed by atoms with E-state index in [2.05, 4.69) is 4.83 Å². The van der Waals surface area contributed by atoms with E-state index in [0.29, 0.717) is 5.56 Å². The predicted molar refractivity (Wildman–Crippen MR) is 127 cm³/mol. The number of hydrazine groups is 1. The number of amides is 1. The molecular formula is C21H20N2O7S3. The molecule has 12 heteroatoms. The molecule has 174 valence electrons. The maximum Gasteiger partial charge on any atom is 0.344 e. The van der Waals surface area contributed by atoms with Gasteiger partial charge in [0.2, 0.25) is 0 Å². The second kappa shape index (κ2) is 10.3. The lowest BCUT2D eigenvalue weighted by atomic mass is 10.1. The van der Waals surface area contributed by atoms with Gasteiger partial charge in [0.1, 0.15) is 0 Å². The molecule has 9 nitrogen and oxygen atoms in total. The van der Waals surface area contributed by atoms with Crippen LogP contribution in [0.2, 0.25) is 0 Å². The number of thioether (sulfide) groups is 1. The third-order valence-corrected chi connectivity index (χ3v) is 7.08. The van der Waals surface area contributed by atoms with Gasteiger partial charge >= 0.3 is 5.97 Å². The highest BCUT2D eigenvalue weighted by Gasteiger charge is 2.35. The molecule has 1 saturated heterocycles. The van der Waals surface area contributed by atoms with E-state index in [-0.39, 0.29) is 32.0 Å². The van der Waals surface area contributed by atoms with Gasteiger partial charge in [-0.1, -0.05) is 55.2 Å². The molecule has 2 aromatic carbocycles. The fourth-order valence-corrected chi connectivity index (χ4v) is 5.13. The number of thiocarbonyl (C=S) groups is 1. The van der Waals surface area contributed by atoms with Crippen LogP contribution in [0.15, 0.2) is 58.3 Å². The fourth-order valence-electron chi connectivity index (χ4n) is 2.80. The van der Waals surface area contributed by atoms with Crippen molar-refractivity contribution in [3.05, 3.63) is 59.0 Å². The molecule has 1 atom stereocenters. The zero-order chi connectivity index (χ0) is 24.2. The molecule has 1 fully saturated rings. The summed E-state index contributed by atoms with van der Waals surface area (Å²) >= 11 is 6.12. The van der Waals surface area contributed by atoms with Gasteiger partial charge in [0, 0.05) is 0 Å². The van der Waals surface area contributed by atoms with Crippen LogP contribution in [0, 0.1) is 0 Å². The summed E-state index contributed by atoms with van der Waals surface area (Å²) in [7, 11) is -2.59. The van der Waals surface area contributed by atoms with Crippen molar-refractivity contribution in [1.82, 2.24) is 9.84 Å². The zero-order valence-electron chi connectivity index (χ0n) is 17.5. The van der Waals surface area contributed by atoms with Crippen molar-refractivity contribution >= 4 is 56.3 Å². The molecule has 1 amide bonds. The van der Waals surface area contributed by atoms with Crippen molar-refractivity contribution < 1.29 is 32.6 Å². The first-order valence-electron chi connectivity index (χ1n) is 9.59. The van der Waals surface area contributed by atoms with E-state index in [1.54, 1.807) is 37.3 Å². The first-order chi connectivity index (χ1) is 15.7. The smallest absolute Gasteiger partial charge is 0.344 e. The van der Waals surface area contributed by atoms with E-state index >= 15 is 0 Å². The van der Waals surface area contributed by atoms with Gasteiger partial charge in [-0.2, -0.15) is 0 Å². The number of hydrogen-bond acceptors (Lipinski definition) is 8. The lowest BCUT2D eigenvalue weighted by Gasteiger charge is -2.16. The Morgan fingerprint density at radius 2 is 1.94 bits per heavy atom. The number of nitrogens with zero attached hydrogens (tertiary/aromatic N) is 1. The van der Waals surface area contributed by atoms with Gasteiger partial charge in [-0.15, -0.1) is 4.83 Å². The van der Waals surface area contributed by atoms with Crippen LogP contribution in [-0.2, 0) is 19.6 Å². The highest BCUT2D eigenvalue weighted by atomic mass is 32.2. The molecule has 2 aromatic rings. The van der Waals surface area contributed by atoms with Crippen molar-refractivity contribution in [3.63, 3.8) is 0 Å². The fraction of sp³-hybridized carbons (Fsp3) is 0.190. The Hall–Kier alpha value is -2.93. The highest BCUT2D eigenvalue weighted by molar-refractivity contribution is 8.26. The minimum absolute atomic E-state index is 0.00454. The van der Waals surface area contributed by atoms with Crippen molar-refractivity contribution in [2.45, 2.75) is 24.3 Å². The third kappa shape index (κ3) is 5.71. The highest BCUT2D eigenvalue weighted by Crippen LogP contribution is 2.35. The average molecular weight is 509 g/mol. The Bertz CT molecular complexity index is 1210. The number of carboxylic acids is 1. The summed E-state index contributed by atoms with van der Waals surface area (Å²) in [6.45, 7) is 1.69. The van der Waals surface area contributed by atoms with E-state index in [9.17, 15) is 23.1 Å². The SMILES string of the molecule is CCC(Oc1ccc(/C=C2/SC(=S)N(NS(=O)(=O)c3ccccc3)C2=O)cc1OC)C(=O)O. The molecule has 1 unspecified atom stereocenters. The molecule has 0 saturated carbocycles. The Morgan fingerprint density at radius 1 is 1.24 bits per heavy atom. The van der Waals surface area contributed by atoms with E-state index in [1.807, 2.05) is 0 Å². The van der Waals surface area contributed by atoms with E-state index in [1.165, 1.54) is 31.4 Å². The molecular weight excluding hydrogens is 488 g/mol. The average Bonchev–Trinajstić information content (AvgIpc) is 3.05. The molecule has 2 N–H and O–H groups in total. The number of benzene rings is 2. The number of ether oxygens (including phenoxy) is 2. The quantitative estimate of drug-likeness (QED) is 0.389. The monoisotopic (exact) mass is 508 g/mol. The Balaban J connectivity index is 1.82. The number of carbonyl (C=O) groups excluding carboxylic acids is 1. The van der Waals surface area contributed by atoms with Crippen LogP contribution in [0.3, 0.4) is 0 Å². The standard InChI is InChI=1S/C21H20N2O7S3/c1-3-15(20(25)26)30-16-10-9-13(11-17(16)29-2)12-18-19(24)23(21(31)32-18)22-33(27,28)14-7-5-4-6-8-14/h4-12,15,22H,3H2,1-2H3,(H,25,26)/b18-12+. The van der Waals surface area contributed by atoms with Crippen molar-refractivity contribution in [2.24, 2.45) is 0 Å². The maximum absolute atomic E-state index is 12.8. The summed E-state index contributed by atoms with van der Waals surface area (Å²) in [6.07, 6.45) is 0.761. The van der Waals surface area contributed by atoms with Gasteiger partial charge in [-0.3, -0.25) is 4.79 Å². The number of carboxylic acid groups (broad SMARTS) is 1. The van der Waals surface area contributed by atoms with Gasteiger partial charge in [-0.05, 0) is 42.3 Å². The van der Waals surface area contributed by atoms with Crippen molar-refractivity contribution in [2.75, 3.05) is 7.11 Å². The first kappa shape index (κ1) is 24.7. The number of rotatable bonds is 9. The van der Waals surface area contributed by atoms with Crippen molar-refractivity contribution in [1.29, 1.82) is 0 Å². The van der Waals surface area contributed by atoms with E-state index < -0.39 is 28.0 Å². The van der Waals surface area contributed by atoms with Crippen LogP contribution in [0.4, 0.5) is 0 Å². The summed E-state index contributed by atoms with van der Waals surface area (Å²) in [4.78, 5) is 26.5. The van der Waals surface area contributed by atoms with Crippen LogP contribution in [0.5, 0.6) is 11.5 Å². The predicted octanol–water partition coefficient (Wildman–Crippen LogP) is 3.03. The summed E-state index contributed by atoms with van der Waals surface area (Å²) in [5.41, 5.74) is 0.550. The third-order valence-electron chi connectivity index (χ3n) is 4.46. The molecule has 1 heterocycles. The number of aliphatic carboxylic acids is 1. The number of nitrogens with one attached hydrogen (secondary N) is 1. The molecule has 1 aliphatic rings. The first-order valence-corrected chi connectivity index (χ1v) is 12.3. The number of sulfonamides is 1. The maximum atomic E-state index is 12.8. The second-order valence-electron chi connectivity index (χ2n) is 6.69. The minimum atomic E-state index is -4.00. The Labute approximate surface area is 200 Å². The van der Waals surface area contributed by atoms with Crippen molar-refractivity contribution in [3.8, 4) is 11.5 Å². The van der Waals surface area contributed by atoms with Gasteiger partial charge in [0.25, 0.3) is 15.9 Å². The Kier molecular flexibility index (Phi) is 7.74. The number of carbonyl (C=O) groups is 2.